The molecule has 1 fully saturated rings. The summed E-state index contributed by atoms with van der Waals surface area (Å²) in [5, 5.41) is 6.49. The van der Waals surface area contributed by atoms with Crippen molar-refractivity contribution in [3.8, 4) is 0 Å². The van der Waals surface area contributed by atoms with Gasteiger partial charge in [-0.15, -0.1) is 0 Å². The fourth-order valence-corrected chi connectivity index (χ4v) is 6.08. The molecule has 1 aliphatic carbocycles. The van der Waals surface area contributed by atoms with Gasteiger partial charge in [-0.1, -0.05) is 56.9 Å². The number of dihydropyridines is 1. The van der Waals surface area contributed by atoms with Crippen LogP contribution >= 0.6 is 0 Å². The summed E-state index contributed by atoms with van der Waals surface area (Å²) in [4.78, 5) is 16.5. The van der Waals surface area contributed by atoms with E-state index >= 15 is 0 Å². The number of hydrogen-bond donors (Lipinski definition) is 2. The Hall–Kier alpha value is -4.23. The molecule has 0 bridgehead atoms. The quantitative estimate of drug-likeness (QED) is 0.301. The predicted molar refractivity (Wildman–Crippen MR) is 168 cm³/mol. The van der Waals surface area contributed by atoms with E-state index in [9.17, 15) is 26.3 Å². The highest BCUT2D eigenvalue weighted by Gasteiger charge is 2.39. The Balaban J connectivity index is 1.53. The van der Waals surface area contributed by atoms with Gasteiger partial charge in [0.2, 0.25) is 5.95 Å². The van der Waals surface area contributed by atoms with E-state index in [1.54, 1.807) is 12.2 Å². The van der Waals surface area contributed by atoms with Crippen LogP contribution in [0.1, 0.15) is 68.6 Å². The lowest BCUT2D eigenvalue weighted by atomic mass is 9.89. The predicted octanol–water partition coefficient (Wildman–Crippen LogP) is 7.51. The summed E-state index contributed by atoms with van der Waals surface area (Å²) in [7, 11) is 0. The molecule has 4 heterocycles. The smallest absolute Gasteiger partial charge is 0.383 e. The van der Waals surface area contributed by atoms with E-state index in [1.807, 2.05) is 13.0 Å². The Kier molecular flexibility index (Phi) is 9.82. The van der Waals surface area contributed by atoms with Gasteiger partial charge >= 0.3 is 12.4 Å². The summed E-state index contributed by atoms with van der Waals surface area (Å²) in [6.07, 6.45) is 7.16. The number of nitrogen functional groups attached to an aromatic ring is 2. The first-order chi connectivity index (χ1) is 21.8. The molecule has 0 saturated heterocycles. The van der Waals surface area contributed by atoms with Crippen LogP contribution in [-0.2, 0) is 6.18 Å². The van der Waals surface area contributed by atoms with Crippen molar-refractivity contribution < 1.29 is 26.3 Å². The first kappa shape index (κ1) is 33.1. The van der Waals surface area contributed by atoms with Crippen molar-refractivity contribution in [2.75, 3.05) is 29.6 Å². The van der Waals surface area contributed by atoms with Crippen molar-refractivity contribution in [3.05, 3.63) is 59.5 Å². The topological polar surface area (TPSA) is 119 Å². The normalized spacial score (nSPS) is 21.4. The molecule has 2 unspecified atom stereocenters. The van der Waals surface area contributed by atoms with Crippen molar-refractivity contribution in [2.45, 2.75) is 64.2 Å². The number of pyridine rings is 1. The zero-order valence-electron chi connectivity index (χ0n) is 25.3. The summed E-state index contributed by atoms with van der Waals surface area (Å²) < 4.78 is 80.8. The third-order valence-electron chi connectivity index (χ3n) is 8.55. The van der Waals surface area contributed by atoms with Gasteiger partial charge < -0.3 is 11.5 Å². The summed E-state index contributed by atoms with van der Waals surface area (Å²) in [6.45, 7) is 2.04. The van der Waals surface area contributed by atoms with Crippen LogP contribution in [-0.4, -0.2) is 46.1 Å². The van der Waals surface area contributed by atoms with Gasteiger partial charge in [0.25, 0.3) is 0 Å². The molecule has 246 valence electrons. The van der Waals surface area contributed by atoms with E-state index in [4.69, 9.17) is 16.6 Å². The zero-order valence-corrected chi connectivity index (χ0v) is 25.3. The van der Waals surface area contributed by atoms with E-state index in [2.05, 4.69) is 19.9 Å². The Bertz CT molecular complexity index is 1540. The van der Waals surface area contributed by atoms with Gasteiger partial charge in [-0.2, -0.15) is 41.4 Å². The Labute approximate surface area is 263 Å². The van der Waals surface area contributed by atoms with E-state index < -0.39 is 23.8 Å². The molecule has 2 aliphatic heterocycles. The van der Waals surface area contributed by atoms with Crippen molar-refractivity contribution >= 4 is 40.7 Å². The molecule has 2 aromatic rings. The molecule has 2 atom stereocenters. The third kappa shape index (κ3) is 7.76. The molecule has 0 spiro atoms. The van der Waals surface area contributed by atoms with Gasteiger partial charge in [-0.25, -0.2) is 5.01 Å². The van der Waals surface area contributed by atoms with Crippen LogP contribution in [0.4, 0.5) is 43.9 Å². The van der Waals surface area contributed by atoms with Crippen LogP contribution in [0.25, 0.3) is 11.1 Å². The van der Waals surface area contributed by atoms with Crippen molar-refractivity contribution in [1.82, 2.24) is 15.0 Å². The van der Waals surface area contributed by atoms with Crippen molar-refractivity contribution in [3.63, 3.8) is 0 Å². The maximum absolute atomic E-state index is 13.5. The molecular weight excluding hydrogens is 610 g/mol. The molecule has 3 aliphatic rings. The average molecular weight is 647 g/mol. The maximum Gasteiger partial charge on any atom is 0.417 e. The lowest BCUT2D eigenvalue weighted by molar-refractivity contribution is -0.142. The number of alkyl halides is 6. The third-order valence-corrected chi connectivity index (χ3v) is 8.55. The summed E-state index contributed by atoms with van der Waals surface area (Å²) in [5.41, 5.74) is 13.7. The van der Waals surface area contributed by atoms with Crippen LogP contribution < -0.4 is 16.5 Å². The molecule has 14 heteroatoms. The molecule has 2 aromatic heterocycles. The average Bonchev–Trinajstić information content (AvgIpc) is 3.55. The highest BCUT2D eigenvalue weighted by atomic mass is 19.4. The molecule has 8 nitrogen and oxygen atoms in total. The number of aromatic nitrogens is 3. The Morgan fingerprint density at radius 2 is 1.70 bits per heavy atom. The number of anilines is 3. The second kappa shape index (κ2) is 13.6. The van der Waals surface area contributed by atoms with Gasteiger partial charge in [0.15, 0.2) is 0 Å². The second-order valence-corrected chi connectivity index (χ2v) is 11.8. The lowest BCUT2D eigenvalue weighted by Crippen LogP contribution is -2.26. The Morgan fingerprint density at radius 3 is 2.35 bits per heavy atom. The highest BCUT2D eigenvalue weighted by Crippen LogP contribution is 2.36. The summed E-state index contributed by atoms with van der Waals surface area (Å²) in [5.74, 6) is -1.73. The Morgan fingerprint density at radius 1 is 0.978 bits per heavy atom. The van der Waals surface area contributed by atoms with Gasteiger partial charge in [-0.3, -0.25) is 9.98 Å². The van der Waals surface area contributed by atoms with Crippen LogP contribution in [0.5, 0.6) is 0 Å². The number of nitrogens with two attached hydrogens (primary N) is 2. The minimum atomic E-state index is -4.54. The van der Waals surface area contributed by atoms with E-state index in [-0.39, 0.29) is 47.7 Å². The lowest BCUT2D eigenvalue weighted by Gasteiger charge is -2.23. The molecule has 0 aromatic carbocycles. The fourth-order valence-electron chi connectivity index (χ4n) is 6.08. The number of hydrazone groups is 1. The van der Waals surface area contributed by atoms with Gasteiger partial charge in [-0.05, 0) is 42.4 Å². The van der Waals surface area contributed by atoms with Gasteiger partial charge in [0, 0.05) is 35.8 Å². The number of nitrogens with zero attached hydrogens (tertiary/aromatic N) is 6. The van der Waals surface area contributed by atoms with E-state index in [1.165, 1.54) is 24.0 Å². The van der Waals surface area contributed by atoms with Crippen molar-refractivity contribution in [1.29, 1.82) is 0 Å². The SMILES string of the molecule is CCC1C=C(c2cncc(C(F)(F)F)c2)C=CCN(c2nc(N)c(C3=CC(C(F)(F)F)C=NC3)c(N)n2)N=C1CCC1CCCC1. The number of halogens is 6. The van der Waals surface area contributed by atoms with Crippen LogP contribution in [0, 0.1) is 17.8 Å². The number of rotatable bonds is 7. The van der Waals surface area contributed by atoms with Gasteiger partial charge in [0.05, 0.1) is 24.2 Å². The fraction of sp³-hybridized carbons (Fsp3) is 0.469. The van der Waals surface area contributed by atoms with Crippen LogP contribution in [0.15, 0.2) is 52.9 Å². The zero-order chi connectivity index (χ0) is 33.1. The van der Waals surface area contributed by atoms with Crippen LogP contribution in [0.3, 0.4) is 0 Å². The first-order valence-electron chi connectivity index (χ1n) is 15.3. The van der Waals surface area contributed by atoms with Gasteiger partial charge in [0.1, 0.15) is 17.6 Å². The maximum atomic E-state index is 13.5. The number of hydrogen-bond acceptors (Lipinski definition) is 8. The molecular formula is C32H36F6N8. The standard InChI is InChI=1S/C32H36F6N8/c1-2-20-12-21(22-13-24(17-41-15-22)31(33,34)35)8-5-11-46(45-26(20)10-9-19-6-3-4-7-19)30-43-28(39)27(29(40)44-30)23-14-25(18-42-16-23)32(36,37)38/h5,8,12-15,17-20,25H,2-4,6-7,9-11,16H2,1H3,(H4,39,40,43,44). The molecule has 46 heavy (non-hydrogen) atoms. The molecule has 0 radical (unpaired) electrons. The van der Waals surface area contributed by atoms with E-state index in [0.717, 1.165) is 49.5 Å². The monoisotopic (exact) mass is 646 g/mol. The molecule has 1 saturated carbocycles. The first-order valence-corrected chi connectivity index (χ1v) is 15.3. The minimum Gasteiger partial charge on any atom is -0.383 e. The molecule has 5 rings (SSSR count). The second-order valence-electron chi connectivity index (χ2n) is 11.8. The van der Waals surface area contributed by atoms with E-state index in [0.29, 0.717) is 29.9 Å². The number of allylic oxidation sites excluding steroid dienone is 4. The largest absolute Gasteiger partial charge is 0.417 e. The minimum absolute atomic E-state index is 0.0492. The summed E-state index contributed by atoms with van der Waals surface area (Å²) in [6, 6.07) is 1.08. The summed E-state index contributed by atoms with van der Waals surface area (Å²) >= 11 is 0. The molecule has 0 amide bonds. The number of aliphatic imine (C=N–C) groups is 1. The molecule has 4 N–H and O–H groups in total. The van der Waals surface area contributed by atoms with Crippen LogP contribution in [0.2, 0.25) is 0 Å². The van der Waals surface area contributed by atoms with Crippen molar-refractivity contribution in [2.24, 2.45) is 27.8 Å². The highest BCUT2D eigenvalue weighted by molar-refractivity contribution is 5.92.